The van der Waals surface area contributed by atoms with Crippen molar-refractivity contribution in [3.05, 3.63) is 0 Å². The second-order valence-electron chi connectivity index (χ2n) is 38.0. The minimum Gasteiger partial charge on any atom is -0.394 e. The molecule has 12 rings (SSSR count). The zero-order valence-corrected chi connectivity index (χ0v) is 84.4. The minimum absolute atomic E-state index is 0.0768. The average Bonchev–Trinajstić information content (AvgIpc) is 0.795. The zero-order chi connectivity index (χ0) is 114. The third-order valence-corrected chi connectivity index (χ3v) is 26.5. The number of hydrogen-bond acceptors (Lipinski definition) is 62. The standard InChI is InChI=1S/C9H19NO6.C8H17NO4.8C7H15NO4.2C6H13NO4/c1-9(15)2-4(12)6(10)8(16-9)7(14)5(13)3-11;1-2-4-6(10)8(12)7(11)5(3-9)13-4;2*1-3-6(10)7(11)5(8)4(2-9)12-3;5*1-3-5(9)7(11)6(10)4(2-8)12-3;1-2-3-4(9)5(10)6(11)7(8)12-3;2*1-2-4(8)5(9)3(7)6(10)11-2/h4-8,11-15H,2-3,10H2,1H3;4-8,10-12H,2-3,9H2,1H3;8*3-7,9-11H,2,8H2,1H3;2*2-6,8-10H,7H2,1H3/t4-,5+,6+,7?,8?,9+;4?,5-,6-,7-,8-;2*3-,4+,5+,6-,7-;2*3-,4?,5-,6+,7+;3-,4+,5+,6+,7+;3-,4+,5-,6+,7+;3-,4-,5-,6+,7+;3-,4-,5+,6-,7-;2-,3-,4+,5-,6?;2-,3-,4-,5-,6?/m010011111011/s1. The molecule has 147 heavy (non-hydrogen) atoms. The summed E-state index contributed by atoms with van der Waals surface area (Å²) in [5.74, 6) is -1.61. The van der Waals surface area contributed by atoms with E-state index in [1.807, 2.05) is 13.8 Å². The summed E-state index contributed by atoms with van der Waals surface area (Å²) in [5.41, 5.74) is 64.3. The molecular weight excluding hydrogens is 1990 g/mol. The van der Waals surface area contributed by atoms with Gasteiger partial charge in [0.2, 0.25) is 0 Å². The Kier molecular flexibility index (Phi) is 65.6. The molecule has 0 bridgehead atoms. The maximum Gasteiger partial charge on any atom is 0.172 e. The van der Waals surface area contributed by atoms with Crippen LogP contribution in [-0.2, 0) is 56.8 Å². The molecule has 61 atom stereocenters. The molecule has 12 fully saturated rings. The molecule has 0 radical (unpaired) electrons. The van der Waals surface area contributed by atoms with Gasteiger partial charge in [-0.25, -0.2) is 0 Å². The first kappa shape index (κ1) is 143. The van der Waals surface area contributed by atoms with Crippen molar-refractivity contribution in [2.75, 3.05) is 59.1 Å². The van der Waals surface area contributed by atoms with Crippen LogP contribution in [0.15, 0.2) is 0 Å². The van der Waals surface area contributed by atoms with Crippen molar-refractivity contribution in [2.24, 2.45) is 68.8 Å². The third kappa shape index (κ3) is 40.8. The van der Waals surface area contributed by atoms with Gasteiger partial charge in [0.15, 0.2) is 18.4 Å². The van der Waals surface area contributed by atoms with Gasteiger partial charge in [-0.2, -0.15) is 0 Å². The van der Waals surface area contributed by atoms with Gasteiger partial charge in [-0.15, -0.1) is 0 Å². The second-order valence-corrected chi connectivity index (χ2v) is 38.0. The summed E-state index contributed by atoms with van der Waals surface area (Å²) < 4.78 is 61.1. The fraction of sp³-hybridized carbons (Fsp3) is 1.00. The largest absolute Gasteiger partial charge is 0.394 e. The van der Waals surface area contributed by atoms with Crippen molar-refractivity contribution < 1.29 is 251 Å². The van der Waals surface area contributed by atoms with Crippen molar-refractivity contribution in [1.82, 2.24) is 0 Å². The molecule has 0 aromatic rings. The van der Waals surface area contributed by atoms with Crippen molar-refractivity contribution in [3.63, 3.8) is 0 Å². The van der Waals surface area contributed by atoms with Crippen LogP contribution in [0, 0.1) is 0 Å². The summed E-state index contributed by atoms with van der Waals surface area (Å²) in [6.07, 6.45) is -49.0. The Bertz CT molecular complexity index is 2900. The number of aliphatic hydroxyl groups excluding tert-OH is 37. The molecule has 12 aliphatic heterocycles. The molecule has 7 unspecified atom stereocenters. The van der Waals surface area contributed by atoms with Gasteiger partial charge in [0.1, 0.15) is 202 Å². The van der Waals surface area contributed by atoms with Gasteiger partial charge in [0, 0.05) is 45.7 Å². The van der Waals surface area contributed by atoms with E-state index in [-0.39, 0.29) is 58.9 Å². The van der Waals surface area contributed by atoms with E-state index in [0.29, 0.717) is 12.8 Å². The number of rotatable bonds is 13. The molecule has 0 amide bonds. The maximum atomic E-state index is 9.64. The fourth-order valence-corrected chi connectivity index (χ4v) is 16.1. The Balaban J connectivity index is 0.000000803. The predicted octanol–water partition coefficient (Wildman–Crippen LogP) is -26.5. The minimum atomic E-state index is -1.61. The van der Waals surface area contributed by atoms with Crippen LogP contribution in [0.4, 0.5) is 0 Å². The lowest BCUT2D eigenvalue weighted by molar-refractivity contribution is -0.289. The quantitative estimate of drug-likeness (QED) is 0.0814. The normalized spacial score (nSPS) is 48.9. The molecule has 12 saturated heterocycles. The first-order valence-corrected chi connectivity index (χ1v) is 48.4. The van der Waals surface area contributed by atoms with Gasteiger partial charge in [-0.05, 0) is 82.1 Å². The molecule has 0 saturated carbocycles. The van der Waals surface area contributed by atoms with Crippen molar-refractivity contribution >= 4 is 0 Å². The molecule has 0 aromatic heterocycles. The lowest BCUT2D eigenvalue weighted by Crippen LogP contribution is -2.63. The number of aliphatic hydroxyl groups is 38. The van der Waals surface area contributed by atoms with Gasteiger partial charge in [0.05, 0.1) is 172 Å². The second kappa shape index (κ2) is 67.7. The highest BCUT2D eigenvalue weighted by Gasteiger charge is 2.52. The molecule has 62 heteroatoms. The summed E-state index contributed by atoms with van der Waals surface area (Å²) in [4.78, 5) is 0. The SMILES string of the molecule is CCC1O[C@H](CN)[C@@H](O)[C@H](O)[C@@H]1O.CC[C@@H]1O[C@H](N)[C@@H](O)[C@H](O)[C@H]1O.C[C@@H]1O[C@H](CO)[C@@H](N)[C@H](O)[C@H]1O.C[C@@H]1O[C@H](CO)[C@@H](N)[C@H](O)[C@H]1O.C[C@H]1OC(CN)[C@H](O)[C@@H](O)[C@@H]1O.C[C@H]1OC(CN)[C@H](O)[C@@H](O)[C@@H]1O.C[C@H]1OC(O)[C@H](N)[C@@H](O)[C@@H]1O.C[C@H]1OC(O)[C@H](N)[C@@H](O)[C@H]1O.C[C@H]1O[C@@H](CN)[C@H](O)[C@@H](O)[C@@H]1O.C[C@H]1O[C@@H](CN)[C@H](O)[C@@H](O)[C@H]1O.C[C@H]1O[C@H](CN)[C@H](O)[C@@H](O)[C@@H]1O.C[C@]1(O)C[C@H](O)[C@@H](N)C(C(O)[C@H](O)CO)O1. The van der Waals surface area contributed by atoms with Crippen molar-refractivity contribution in [3.8, 4) is 0 Å². The summed E-state index contributed by atoms with van der Waals surface area (Å²) in [6, 6.07) is -4.23. The van der Waals surface area contributed by atoms with Gasteiger partial charge in [0.25, 0.3) is 0 Å². The number of ether oxygens (including phenoxy) is 12. The molecular formula is C85H182N12O50. The van der Waals surface area contributed by atoms with E-state index in [1.54, 1.807) is 62.3 Å². The Labute approximate surface area is 850 Å². The zero-order valence-electron chi connectivity index (χ0n) is 84.4. The van der Waals surface area contributed by atoms with Crippen LogP contribution in [0.1, 0.15) is 102 Å². The van der Waals surface area contributed by atoms with Crippen LogP contribution in [0.25, 0.3) is 0 Å². The highest BCUT2D eigenvalue weighted by atomic mass is 16.7. The summed E-state index contributed by atoms with van der Waals surface area (Å²) in [7, 11) is 0. The van der Waals surface area contributed by atoms with Gasteiger partial charge < -0.3 is 320 Å². The van der Waals surface area contributed by atoms with Crippen molar-refractivity contribution in [2.45, 2.75) is 475 Å². The molecule has 0 aliphatic carbocycles. The van der Waals surface area contributed by atoms with Crippen LogP contribution >= 0.6 is 0 Å². The van der Waals surface area contributed by atoms with Gasteiger partial charge in [-0.3, -0.25) is 0 Å². The monoisotopic (exact) mass is 2170 g/mol. The molecule has 62 nitrogen and oxygen atoms in total. The highest BCUT2D eigenvalue weighted by Crippen LogP contribution is 2.32. The van der Waals surface area contributed by atoms with Gasteiger partial charge >= 0.3 is 0 Å². The van der Waals surface area contributed by atoms with E-state index in [9.17, 15) is 153 Å². The molecule has 0 spiro atoms. The number of nitrogens with two attached hydrogens (primary N) is 12. The lowest BCUT2D eigenvalue weighted by Gasteiger charge is -2.43. The Morgan fingerprint density at radius 3 is 0.673 bits per heavy atom. The first-order chi connectivity index (χ1) is 68.1. The first-order valence-electron chi connectivity index (χ1n) is 48.4. The molecule has 12 heterocycles. The maximum absolute atomic E-state index is 9.64. The van der Waals surface area contributed by atoms with E-state index < -0.39 is 379 Å². The molecule has 0 aromatic carbocycles. The van der Waals surface area contributed by atoms with Crippen LogP contribution in [0.2, 0.25) is 0 Å². The lowest BCUT2D eigenvalue weighted by atomic mass is 9.90. The Morgan fingerprint density at radius 2 is 0.442 bits per heavy atom. The average molecular weight is 2170 g/mol. The predicted molar refractivity (Wildman–Crippen MR) is 503 cm³/mol. The van der Waals surface area contributed by atoms with Crippen LogP contribution < -0.4 is 68.8 Å². The molecule has 882 valence electrons. The Hall–Kier alpha value is -2.48. The highest BCUT2D eigenvalue weighted by molar-refractivity contribution is 5.01. The van der Waals surface area contributed by atoms with Crippen LogP contribution in [-0.4, -0.2) is 625 Å². The summed E-state index contributed by atoms with van der Waals surface area (Å²) in [5, 5.41) is 352. The van der Waals surface area contributed by atoms with E-state index in [1.165, 1.54) is 6.92 Å². The topological polar surface area (TPSA) is 1190 Å². The fourth-order valence-electron chi connectivity index (χ4n) is 16.1. The van der Waals surface area contributed by atoms with Crippen LogP contribution in [0.3, 0.4) is 0 Å². The molecule has 62 N–H and O–H groups in total. The van der Waals surface area contributed by atoms with Gasteiger partial charge in [-0.1, -0.05) is 13.8 Å². The summed E-state index contributed by atoms with van der Waals surface area (Å²) in [6.45, 7) is 19.2. The molecule has 12 aliphatic rings. The Morgan fingerprint density at radius 1 is 0.245 bits per heavy atom. The number of hydrogen-bond donors (Lipinski definition) is 50. The van der Waals surface area contributed by atoms with E-state index in [2.05, 4.69) is 0 Å². The summed E-state index contributed by atoms with van der Waals surface area (Å²) >= 11 is 0. The third-order valence-electron chi connectivity index (χ3n) is 26.5. The van der Waals surface area contributed by atoms with E-state index in [4.69, 9.17) is 166 Å². The van der Waals surface area contributed by atoms with Crippen molar-refractivity contribution in [1.29, 1.82) is 0 Å². The van der Waals surface area contributed by atoms with E-state index >= 15 is 0 Å². The smallest absolute Gasteiger partial charge is 0.172 e. The van der Waals surface area contributed by atoms with E-state index in [0.717, 1.165) is 0 Å². The van der Waals surface area contributed by atoms with Crippen LogP contribution in [0.5, 0.6) is 0 Å².